The van der Waals surface area contributed by atoms with Gasteiger partial charge in [-0.2, -0.15) is 0 Å². The van der Waals surface area contributed by atoms with Gasteiger partial charge in [-0.1, -0.05) is 61.5 Å². The number of carbonyl (C=O) groups is 1. The molecule has 1 aliphatic rings. The van der Waals surface area contributed by atoms with E-state index in [1.807, 2.05) is 37.3 Å². The number of hydrogen-bond donors (Lipinski definition) is 3. The second-order valence-corrected chi connectivity index (χ2v) is 8.35. The first-order valence-corrected chi connectivity index (χ1v) is 10.6. The van der Waals surface area contributed by atoms with E-state index in [2.05, 4.69) is 29.6 Å². The molecule has 4 nitrogen and oxygen atoms in total. The van der Waals surface area contributed by atoms with Crippen LogP contribution in [0.3, 0.4) is 0 Å². The lowest BCUT2D eigenvalue weighted by Gasteiger charge is -2.25. The zero-order valence-corrected chi connectivity index (χ0v) is 17.9. The number of benzene rings is 2. The van der Waals surface area contributed by atoms with E-state index in [1.54, 1.807) is 11.1 Å². The third-order valence-corrected chi connectivity index (χ3v) is 5.16. The molecule has 29 heavy (non-hydrogen) atoms. The summed E-state index contributed by atoms with van der Waals surface area (Å²) in [4.78, 5) is 12.2. The Balaban J connectivity index is 0.000000272. The van der Waals surface area contributed by atoms with Gasteiger partial charge in [0.15, 0.2) is 0 Å². The van der Waals surface area contributed by atoms with Crippen molar-refractivity contribution in [1.82, 2.24) is 5.32 Å². The van der Waals surface area contributed by atoms with E-state index in [9.17, 15) is 15.0 Å². The molecule has 158 valence electrons. The standard InChI is InChI=1S/C16H25NO3.C9H10/c1-4-14(18)11-13(15(19)17-16(2,3)20)10-12-8-6-5-7-9-12;1-2-5-9-7-3-6-8(9)4-1/h5-9,13-14,18,20H,4,10-11H2,1-3H3,(H,17,19);1-2,4-5H,3,6-7H2. The van der Waals surface area contributed by atoms with E-state index in [0.29, 0.717) is 19.3 Å². The predicted molar refractivity (Wildman–Crippen MR) is 117 cm³/mol. The minimum atomic E-state index is -1.25. The Kier molecular flexibility index (Phi) is 8.87. The number of aliphatic hydroxyl groups excluding tert-OH is 1. The van der Waals surface area contributed by atoms with Crippen LogP contribution in [-0.2, 0) is 24.1 Å². The van der Waals surface area contributed by atoms with Crippen molar-refractivity contribution in [1.29, 1.82) is 0 Å². The summed E-state index contributed by atoms with van der Waals surface area (Å²) in [5.74, 6) is -0.576. The summed E-state index contributed by atoms with van der Waals surface area (Å²) in [5.41, 5.74) is 2.94. The van der Waals surface area contributed by atoms with E-state index in [1.165, 1.54) is 33.1 Å². The van der Waals surface area contributed by atoms with Gasteiger partial charge in [-0.3, -0.25) is 4.79 Å². The minimum absolute atomic E-state index is 0.228. The molecule has 3 rings (SSSR count). The molecule has 0 bridgehead atoms. The van der Waals surface area contributed by atoms with Crippen LogP contribution in [0.2, 0.25) is 0 Å². The van der Waals surface area contributed by atoms with Gasteiger partial charge >= 0.3 is 0 Å². The number of nitrogens with one attached hydrogen (secondary N) is 1. The molecular weight excluding hydrogens is 362 g/mol. The maximum Gasteiger partial charge on any atom is 0.225 e. The second kappa shape index (κ2) is 11.1. The van der Waals surface area contributed by atoms with E-state index < -0.39 is 11.8 Å². The first-order chi connectivity index (χ1) is 13.8. The molecule has 2 aromatic carbocycles. The third-order valence-electron chi connectivity index (χ3n) is 5.16. The summed E-state index contributed by atoms with van der Waals surface area (Å²) in [5, 5.41) is 22.1. The summed E-state index contributed by atoms with van der Waals surface area (Å²) < 4.78 is 0. The van der Waals surface area contributed by atoms with Gasteiger partial charge in [-0.25, -0.2) is 0 Å². The summed E-state index contributed by atoms with van der Waals surface area (Å²) in [6.07, 6.45) is 5.02. The molecule has 0 spiro atoms. The van der Waals surface area contributed by atoms with Crippen LogP contribution in [0.15, 0.2) is 54.6 Å². The van der Waals surface area contributed by atoms with Gasteiger partial charge in [0.1, 0.15) is 5.72 Å². The maximum atomic E-state index is 12.2. The molecule has 2 aromatic rings. The fourth-order valence-corrected chi connectivity index (χ4v) is 3.59. The fourth-order valence-electron chi connectivity index (χ4n) is 3.59. The van der Waals surface area contributed by atoms with Crippen molar-refractivity contribution in [3.05, 3.63) is 71.3 Å². The zero-order chi connectivity index (χ0) is 21.3. The molecular formula is C25H35NO3. The van der Waals surface area contributed by atoms with E-state index in [4.69, 9.17) is 0 Å². The van der Waals surface area contributed by atoms with Gasteiger partial charge in [-0.05, 0) is 69.1 Å². The molecule has 0 saturated carbocycles. The van der Waals surface area contributed by atoms with E-state index in [0.717, 1.165) is 5.56 Å². The lowest BCUT2D eigenvalue weighted by molar-refractivity contribution is -0.132. The molecule has 0 heterocycles. The number of hydrogen-bond acceptors (Lipinski definition) is 3. The normalized spacial score (nSPS) is 14.9. The Morgan fingerprint density at radius 3 is 2.10 bits per heavy atom. The Bertz CT molecular complexity index is 729. The number of rotatable bonds is 7. The summed E-state index contributed by atoms with van der Waals surface area (Å²) in [6, 6.07) is 18.4. The lowest BCUT2D eigenvalue weighted by Crippen LogP contribution is -2.47. The SMILES string of the molecule is CCC(O)CC(Cc1ccccc1)C(=O)NC(C)(C)O.c1ccc2c(c1)CCC2. The van der Waals surface area contributed by atoms with Crippen LogP contribution in [0.4, 0.5) is 0 Å². The highest BCUT2D eigenvalue weighted by Gasteiger charge is 2.26. The summed E-state index contributed by atoms with van der Waals surface area (Å²) >= 11 is 0. The molecule has 3 N–H and O–H groups in total. The third kappa shape index (κ3) is 8.38. The van der Waals surface area contributed by atoms with E-state index >= 15 is 0 Å². The average Bonchev–Trinajstić information content (AvgIpc) is 3.16. The van der Waals surface area contributed by atoms with Crippen molar-refractivity contribution in [3.63, 3.8) is 0 Å². The number of carbonyl (C=O) groups excluding carboxylic acids is 1. The van der Waals surface area contributed by atoms with Crippen LogP contribution < -0.4 is 5.32 Å². The van der Waals surface area contributed by atoms with Crippen molar-refractivity contribution in [3.8, 4) is 0 Å². The van der Waals surface area contributed by atoms with Crippen LogP contribution in [0.1, 0.15) is 56.7 Å². The van der Waals surface area contributed by atoms with Crippen molar-refractivity contribution >= 4 is 5.91 Å². The Morgan fingerprint density at radius 1 is 1.03 bits per heavy atom. The zero-order valence-electron chi connectivity index (χ0n) is 17.9. The molecule has 1 amide bonds. The van der Waals surface area contributed by atoms with E-state index in [-0.39, 0.29) is 11.8 Å². The molecule has 2 unspecified atom stereocenters. The Hall–Kier alpha value is -2.17. The lowest BCUT2D eigenvalue weighted by atomic mass is 9.91. The number of amides is 1. The molecule has 0 aliphatic heterocycles. The smallest absolute Gasteiger partial charge is 0.225 e. The monoisotopic (exact) mass is 397 g/mol. The summed E-state index contributed by atoms with van der Waals surface area (Å²) in [7, 11) is 0. The average molecular weight is 398 g/mol. The maximum absolute atomic E-state index is 12.2. The highest BCUT2D eigenvalue weighted by Crippen LogP contribution is 2.20. The molecule has 0 fully saturated rings. The van der Waals surface area contributed by atoms with Gasteiger partial charge in [0.05, 0.1) is 6.10 Å². The van der Waals surface area contributed by atoms with Crippen molar-refractivity contribution in [2.24, 2.45) is 5.92 Å². The summed E-state index contributed by atoms with van der Waals surface area (Å²) in [6.45, 7) is 4.94. The Morgan fingerprint density at radius 2 is 1.59 bits per heavy atom. The topological polar surface area (TPSA) is 69.6 Å². The van der Waals surface area contributed by atoms with Crippen LogP contribution >= 0.6 is 0 Å². The first kappa shape index (κ1) is 23.1. The van der Waals surface area contributed by atoms with Gasteiger partial charge in [0.25, 0.3) is 0 Å². The minimum Gasteiger partial charge on any atom is -0.393 e. The van der Waals surface area contributed by atoms with Crippen LogP contribution in [0.5, 0.6) is 0 Å². The largest absolute Gasteiger partial charge is 0.393 e. The van der Waals surface area contributed by atoms with Crippen molar-refractivity contribution < 1.29 is 15.0 Å². The number of aryl methyl sites for hydroxylation is 2. The highest BCUT2D eigenvalue weighted by atomic mass is 16.3. The molecule has 4 heteroatoms. The first-order valence-electron chi connectivity index (χ1n) is 10.6. The second-order valence-electron chi connectivity index (χ2n) is 8.35. The molecule has 0 radical (unpaired) electrons. The molecule has 0 aromatic heterocycles. The van der Waals surface area contributed by atoms with Gasteiger partial charge in [0, 0.05) is 5.92 Å². The molecule has 1 aliphatic carbocycles. The van der Waals surface area contributed by atoms with Gasteiger partial charge in [0.2, 0.25) is 5.91 Å². The van der Waals surface area contributed by atoms with Crippen molar-refractivity contribution in [2.45, 2.75) is 71.1 Å². The number of aliphatic hydroxyl groups is 2. The molecule has 2 atom stereocenters. The number of fused-ring (bicyclic) bond motifs is 1. The quantitative estimate of drug-likeness (QED) is 0.618. The van der Waals surface area contributed by atoms with Crippen molar-refractivity contribution in [2.75, 3.05) is 0 Å². The van der Waals surface area contributed by atoms with Crippen LogP contribution in [0, 0.1) is 5.92 Å². The van der Waals surface area contributed by atoms with Gasteiger partial charge in [-0.15, -0.1) is 0 Å². The van der Waals surface area contributed by atoms with Crippen LogP contribution in [0.25, 0.3) is 0 Å². The Labute approximate surface area is 175 Å². The predicted octanol–water partition coefficient (Wildman–Crippen LogP) is 4.03. The van der Waals surface area contributed by atoms with Crippen LogP contribution in [-0.4, -0.2) is 27.9 Å². The highest BCUT2D eigenvalue weighted by molar-refractivity contribution is 5.79. The molecule has 0 saturated heterocycles. The van der Waals surface area contributed by atoms with Gasteiger partial charge < -0.3 is 15.5 Å². The fraction of sp³-hybridized carbons (Fsp3) is 0.480.